The molecule has 1 fully saturated rings. The van der Waals surface area contributed by atoms with Crippen LogP contribution in [-0.4, -0.2) is 31.6 Å². The summed E-state index contributed by atoms with van der Waals surface area (Å²) >= 11 is 0. The van der Waals surface area contributed by atoms with Crippen LogP contribution in [0.3, 0.4) is 0 Å². The van der Waals surface area contributed by atoms with E-state index in [4.69, 9.17) is 5.84 Å². The van der Waals surface area contributed by atoms with Crippen molar-refractivity contribution >= 4 is 28.2 Å². The van der Waals surface area contributed by atoms with Crippen LogP contribution in [0.4, 0.5) is 32.6 Å². The predicted molar refractivity (Wildman–Crippen MR) is 101 cm³/mol. The van der Waals surface area contributed by atoms with Gasteiger partial charge < -0.3 is 0 Å². The first-order valence-electron chi connectivity index (χ1n) is 8.89. The molecule has 1 aliphatic carbocycles. The fourth-order valence-corrected chi connectivity index (χ4v) is 3.31. The molecule has 1 heterocycles. The summed E-state index contributed by atoms with van der Waals surface area (Å²) in [5.74, 6) is 3.07. The van der Waals surface area contributed by atoms with Gasteiger partial charge in [0.2, 0.25) is 5.91 Å². The number of rotatable bonds is 5. The van der Waals surface area contributed by atoms with E-state index in [0.717, 1.165) is 18.6 Å². The van der Waals surface area contributed by atoms with Gasteiger partial charge in [0.15, 0.2) is 5.82 Å². The highest BCUT2D eigenvalue weighted by Gasteiger charge is 2.66. The Morgan fingerprint density at radius 3 is 2.27 bits per heavy atom. The Labute approximate surface area is 180 Å². The standard InChI is InChI=1S/C17H15F8N5O2S/c1-16(3-4-16)15(32)30(26)13(31)2-5-29-9-27-14(28-29)10-6-11(17(18,19)20)8-12(7-10)33(21,22,23,24)25/h2,5-9H,3-4,26H2,1H3/b5-2-. The summed E-state index contributed by atoms with van der Waals surface area (Å²) in [6.45, 7) is 1.60. The quantitative estimate of drug-likeness (QED) is 0.200. The Bertz CT molecular complexity index is 1170. The number of benzene rings is 1. The van der Waals surface area contributed by atoms with Crippen molar-refractivity contribution in [3.63, 3.8) is 0 Å². The number of alkyl halides is 3. The van der Waals surface area contributed by atoms with Crippen molar-refractivity contribution in [3.05, 3.63) is 36.2 Å². The molecule has 1 aromatic carbocycles. The highest BCUT2D eigenvalue weighted by Crippen LogP contribution is 3.02. The lowest BCUT2D eigenvalue weighted by atomic mass is 10.1. The Morgan fingerprint density at radius 1 is 1.15 bits per heavy atom. The van der Waals surface area contributed by atoms with Gasteiger partial charge in [0.1, 0.15) is 11.2 Å². The molecular weight excluding hydrogens is 490 g/mol. The van der Waals surface area contributed by atoms with Crippen LogP contribution >= 0.6 is 10.2 Å². The van der Waals surface area contributed by atoms with Crippen LogP contribution < -0.4 is 5.84 Å². The smallest absolute Gasteiger partial charge is 0.272 e. The summed E-state index contributed by atoms with van der Waals surface area (Å²) in [5, 5.41) is 3.92. The number of carbonyl (C=O) groups is 2. The summed E-state index contributed by atoms with van der Waals surface area (Å²) in [6.07, 6.45) is -1.85. The SMILES string of the molecule is CC1(C(=O)N(N)C(=O)/C=C\n2cnc(-c3cc(C(F)(F)F)cc(S(F)(F)(F)(F)F)c3)n2)CC1. The maximum atomic E-state index is 13.1. The summed E-state index contributed by atoms with van der Waals surface area (Å²) in [6, 6.07) is -0.700. The van der Waals surface area contributed by atoms with Crippen molar-refractivity contribution in [1.82, 2.24) is 19.8 Å². The van der Waals surface area contributed by atoms with Crippen LogP contribution in [0, 0.1) is 5.41 Å². The Hall–Kier alpha value is -3.01. The van der Waals surface area contributed by atoms with Gasteiger partial charge in [-0.15, -0.1) is 5.10 Å². The lowest BCUT2D eigenvalue weighted by Gasteiger charge is -2.40. The molecule has 2 amide bonds. The van der Waals surface area contributed by atoms with Crippen LogP contribution in [0.25, 0.3) is 17.6 Å². The molecule has 3 rings (SSSR count). The van der Waals surface area contributed by atoms with Gasteiger partial charge in [-0.1, -0.05) is 26.4 Å². The van der Waals surface area contributed by atoms with Crippen molar-refractivity contribution in [3.8, 4) is 11.4 Å². The minimum absolute atomic E-state index is 0.179. The number of amides is 2. The molecule has 0 radical (unpaired) electrons. The van der Waals surface area contributed by atoms with Gasteiger partial charge in [-0.2, -0.15) is 13.2 Å². The third kappa shape index (κ3) is 5.50. The van der Waals surface area contributed by atoms with Crippen molar-refractivity contribution < 1.29 is 42.2 Å². The number of aromatic nitrogens is 3. The highest BCUT2D eigenvalue weighted by atomic mass is 32.5. The Balaban J connectivity index is 1.91. The lowest BCUT2D eigenvalue weighted by Crippen LogP contribution is -2.45. The number of nitrogens with two attached hydrogens (primary N) is 1. The normalized spacial score (nSPS) is 18.0. The van der Waals surface area contributed by atoms with E-state index in [9.17, 15) is 42.2 Å². The predicted octanol–water partition coefficient (Wildman–Crippen LogP) is 5.12. The number of hydrogen-bond donors (Lipinski definition) is 1. The molecule has 1 saturated carbocycles. The second-order valence-electron chi connectivity index (χ2n) is 7.65. The van der Waals surface area contributed by atoms with Gasteiger partial charge in [-0.3, -0.25) is 9.59 Å². The fourth-order valence-electron chi connectivity index (χ4n) is 2.61. The number of imide groups is 1. The van der Waals surface area contributed by atoms with Gasteiger partial charge in [0, 0.05) is 23.3 Å². The molecule has 16 heteroatoms. The third-order valence-electron chi connectivity index (χ3n) is 4.79. The van der Waals surface area contributed by atoms with E-state index in [1.165, 1.54) is 0 Å². The van der Waals surface area contributed by atoms with E-state index < -0.39 is 61.5 Å². The van der Waals surface area contributed by atoms with Gasteiger partial charge in [-0.25, -0.2) is 20.5 Å². The Morgan fingerprint density at radius 2 is 1.76 bits per heavy atom. The number of nitrogens with zero attached hydrogens (tertiary/aromatic N) is 4. The molecule has 2 aromatic rings. The van der Waals surface area contributed by atoms with E-state index in [1.807, 2.05) is 0 Å². The van der Waals surface area contributed by atoms with E-state index in [2.05, 4.69) is 10.1 Å². The van der Waals surface area contributed by atoms with E-state index in [0.29, 0.717) is 22.5 Å². The minimum atomic E-state index is -10.5. The lowest BCUT2D eigenvalue weighted by molar-refractivity contribution is -0.146. The van der Waals surface area contributed by atoms with Gasteiger partial charge in [0.05, 0.1) is 5.56 Å². The number of hydrazine groups is 1. The molecule has 2 N–H and O–H groups in total. The molecule has 0 atom stereocenters. The molecular formula is C17H15F8N5O2S. The molecule has 7 nitrogen and oxygen atoms in total. The average molecular weight is 505 g/mol. The van der Waals surface area contributed by atoms with E-state index >= 15 is 0 Å². The van der Waals surface area contributed by atoms with E-state index in [1.54, 1.807) is 6.92 Å². The first-order valence-corrected chi connectivity index (χ1v) is 10.8. The molecule has 182 valence electrons. The zero-order valence-electron chi connectivity index (χ0n) is 16.5. The second-order valence-corrected chi connectivity index (χ2v) is 10.1. The number of hydrogen-bond acceptors (Lipinski definition) is 5. The second kappa shape index (κ2) is 6.75. The molecule has 0 saturated heterocycles. The van der Waals surface area contributed by atoms with E-state index in [-0.39, 0.29) is 12.1 Å². The summed E-state index contributed by atoms with van der Waals surface area (Å²) in [4.78, 5) is 24.7. The van der Waals surface area contributed by atoms with Gasteiger partial charge in [0.25, 0.3) is 5.91 Å². The van der Waals surface area contributed by atoms with Crippen LogP contribution in [0.2, 0.25) is 0 Å². The number of carbonyl (C=O) groups excluding carboxylic acids is 2. The Kier molecular flexibility index (Phi) is 5.04. The van der Waals surface area contributed by atoms with Crippen molar-refractivity contribution in [2.75, 3.05) is 0 Å². The highest BCUT2D eigenvalue weighted by molar-refractivity contribution is 8.45. The average Bonchev–Trinajstić information content (AvgIpc) is 3.24. The summed E-state index contributed by atoms with van der Waals surface area (Å²) < 4.78 is 105. The molecule has 1 aromatic heterocycles. The fraction of sp³-hybridized carbons (Fsp3) is 0.294. The van der Waals surface area contributed by atoms with Crippen LogP contribution in [-0.2, 0) is 15.8 Å². The van der Waals surface area contributed by atoms with Gasteiger partial charge in [-0.05, 0) is 31.0 Å². The topological polar surface area (TPSA) is 94.1 Å². The summed E-state index contributed by atoms with van der Waals surface area (Å²) in [5.41, 5.74) is -3.71. The number of halogens is 8. The van der Waals surface area contributed by atoms with Crippen LogP contribution in [0.5, 0.6) is 0 Å². The van der Waals surface area contributed by atoms with Crippen molar-refractivity contribution in [1.29, 1.82) is 0 Å². The third-order valence-corrected chi connectivity index (χ3v) is 5.91. The maximum Gasteiger partial charge on any atom is 0.416 e. The molecule has 0 bridgehead atoms. The monoisotopic (exact) mass is 505 g/mol. The maximum absolute atomic E-state index is 13.1. The first-order chi connectivity index (χ1) is 14.7. The van der Waals surface area contributed by atoms with Crippen molar-refractivity contribution in [2.24, 2.45) is 11.3 Å². The zero-order valence-corrected chi connectivity index (χ0v) is 17.3. The van der Waals surface area contributed by atoms with Crippen LogP contribution in [0.1, 0.15) is 25.3 Å². The van der Waals surface area contributed by atoms with Crippen molar-refractivity contribution in [2.45, 2.75) is 30.8 Å². The summed E-state index contributed by atoms with van der Waals surface area (Å²) in [7, 11) is -10.5. The molecule has 33 heavy (non-hydrogen) atoms. The molecule has 1 aliphatic rings. The molecule has 0 unspecified atom stereocenters. The minimum Gasteiger partial charge on any atom is -0.272 e. The zero-order chi connectivity index (χ0) is 25.1. The first kappa shape index (κ1) is 24.6. The van der Waals surface area contributed by atoms with Gasteiger partial charge >= 0.3 is 16.4 Å². The van der Waals surface area contributed by atoms with Crippen LogP contribution in [0.15, 0.2) is 35.5 Å². The molecule has 0 spiro atoms. The molecule has 0 aliphatic heterocycles. The largest absolute Gasteiger partial charge is 0.416 e.